The fourth-order valence-electron chi connectivity index (χ4n) is 2.36. The maximum absolute atomic E-state index is 12.4. The van der Waals surface area contributed by atoms with Crippen molar-refractivity contribution in [3.63, 3.8) is 0 Å². The fourth-order valence-corrected chi connectivity index (χ4v) is 2.36. The summed E-state index contributed by atoms with van der Waals surface area (Å²) in [6.07, 6.45) is 5.05. The monoisotopic (exact) mass is 375 g/mol. The number of allylic oxidation sites excluding steroid dienone is 2. The number of hydrogen-bond donors (Lipinski definition) is 0. The summed E-state index contributed by atoms with van der Waals surface area (Å²) in [5, 5.41) is 0. The lowest BCUT2D eigenvalue weighted by Crippen LogP contribution is -2.33. The van der Waals surface area contributed by atoms with Crippen molar-refractivity contribution in [1.82, 2.24) is 0 Å². The molecule has 2 rings (SSSR count). The summed E-state index contributed by atoms with van der Waals surface area (Å²) in [6.45, 7) is 1.81. The SMILES string of the molecule is COC(=O)/C=C(C(=O)OC)/C(C(=O)OC)=C1/N=C2C=C(C)C=CC2OC1=O. The Balaban J connectivity index is 2.75. The van der Waals surface area contributed by atoms with E-state index in [0.29, 0.717) is 11.8 Å². The number of ether oxygens (including phenoxy) is 4. The minimum atomic E-state index is -1.07. The molecule has 0 aromatic carbocycles. The molecule has 1 heterocycles. The molecule has 1 unspecified atom stereocenters. The van der Waals surface area contributed by atoms with Gasteiger partial charge in [-0.15, -0.1) is 0 Å². The zero-order valence-electron chi connectivity index (χ0n) is 15.1. The number of rotatable bonds is 4. The standard InChI is InChI=1S/C18H17NO8/c1-9-5-6-12-11(7-9)19-15(18(23)27-12)14(17(22)26-4)10(16(21)25-3)8-13(20)24-2/h5-8,12H,1-4H3/b10-8-,15-14-. The van der Waals surface area contributed by atoms with E-state index in [4.69, 9.17) is 4.74 Å². The van der Waals surface area contributed by atoms with Crippen molar-refractivity contribution in [3.8, 4) is 0 Å². The largest absolute Gasteiger partial charge is 0.466 e. The molecule has 1 aliphatic carbocycles. The third kappa shape index (κ3) is 4.20. The van der Waals surface area contributed by atoms with Crippen LogP contribution in [0.4, 0.5) is 0 Å². The molecule has 142 valence electrons. The smallest absolute Gasteiger partial charge is 0.358 e. The molecule has 0 saturated heterocycles. The molecule has 0 amide bonds. The Morgan fingerprint density at radius 2 is 1.78 bits per heavy atom. The number of carbonyl (C=O) groups is 4. The first kappa shape index (κ1) is 19.8. The van der Waals surface area contributed by atoms with Crippen LogP contribution in [0.5, 0.6) is 0 Å². The van der Waals surface area contributed by atoms with Gasteiger partial charge < -0.3 is 18.9 Å². The Labute approximate surface area is 154 Å². The number of nitrogens with zero attached hydrogens (tertiary/aromatic N) is 1. The Hall–Kier alpha value is -3.49. The summed E-state index contributed by atoms with van der Waals surface area (Å²) in [7, 11) is 3.18. The quantitative estimate of drug-likeness (QED) is 0.398. The lowest BCUT2D eigenvalue weighted by molar-refractivity contribution is -0.143. The van der Waals surface area contributed by atoms with Crippen LogP contribution >= 0.6 is 0 Å². The molecule has 9 heteroatoms. The summed E-state index contributed by atoms with van der Waals surface area (Å²) in [4.78, 5) is 52.7. The molecule has 0 saturated carbocycles. The molecule has 2 aliphatic rings. The fraction of sp³-hybridized carbons (Fsp3) is 0.278. The maximum atomic E-state index is 12.4. The average molecular weight is 375 g/mol. The molecule has 0 bridgehead atoms. The summed E-state index contributed by atoms with van der Waals surface area (Å²) in [5.74, 6) is -4.03. The van der Waals surface area contributed by atoms with Gasteiger partial charge in [-0.05, 0) is 24.6 Å². The predicted molar refractivity (Wildman–Crippen MR) is 91.4 cm³/mol. The van der Waals surface area contributed by atoms with Crippen LogP contribution in [0.1, 0.15) is 6.92 Å². The van der Waals surface area contributed by atoms with Gasteiger partial charge in [0.15, 0.2) is 11.8 Å². The van der Waals surface area contributed by atoms with E-state index in [-0.39, 0.29) is 0 Å². The molecule has 27 heavy (non-hydrogen) atoms. The van der Waals surface area contributed by atoms with E-state index >= 15 is 0 Å². The lowest BCUT2D eigenvalue weighted by atomic mass is 9.99. The van der Waals surface area contributed by atoms with E-state index in [1.54, 1.807) is 18.2 Å². The van der Waals surface area contributed by atoms with Crippen molar-refractivity contribution >= 4 is 29.6 Å². The highest BCUT2D eigenvalue weighted by Gasteiger charge is 2.36. The third-order valence-corrected chi connectivity index (χ3v) is 3.63. The van der Waals surface area contributed by atoms with E-state index in [0.717, 1.165) is 26.9 Å². The van der Waals surface area contributed by atoms with Crippen molar-refractivity contribution in [1.29, 1.82) is 0 Å². The van der Waals surface area contributed by atoms with Crippen molar-refractivity contribution in [2.75, 3.05) is 21.3 Å². The van der Waals surface area contributed by atoms with E-state index < -0.39 is 46.8 Å². The van der Waals surface area contributed by atoms with Gasteiger partial charge in [0, 0.05) is 6.08 Å². The van der Waals surface area contributed by atoms with E-state index in [2.05, 4.69) is 19.2 Å². The Morgan fingerprint density at radius 1 is 1.11 bits per heavy atom. The van der Waals surface area contributed by atoms with Crippen molar-refractivity contribution in [2.45, 2.75) is 13.0 Å². The molecular weight excluding hydrogens is 358 g/mol. The minimum Gasteiger partial charge on any atom is -0.466 e. The molecule has 0 spiro atoms. The normalized spacial score (nSPS) is 20.5. The van der Waals surface area contributed by atoms with Crippen LogP contribution < -0.4 is 0 Å². The second-order valence-electron chi connectivity index (χ2n) is 5.40. The molecule has 0 radical (unpaired) electrons. The summed E-state index contributed by atoms with van der Waals surface area (Å²) >= 11 is 0. The molecular formula is C18H17NO8. The molecule has 0 N–H and O–H groups in total. The minimum absolute atomic E-state index is 0.355. The molecule has 9 nitrogen and oxygen atoms in total. The number of fused-ring (bicyclic) bond motifs is 1. The van der Waals surface area contributed by atoms with E-state index in [1.165, 1.54) is 0 Å². The number of hydrogen-bond acceptors (Lipinski definition) is 9. The highest BCUT2D eigenvalue weighted by molar-refractivity contribution is 6.16. The Morgan fingerprint density at radius 3 is 2.37 bits per heavy atom. The summed E-state index contributed by atoms with van der Waals surface area (Å²) in [5.41, 5.74) is -0.384. The third-order valence-electron chi connectivity index (χ3n) is 3.63. The van der Waals surface area contributed by atoms with Crippen LogP contribution in [0.2, 0.25) is 0 Å². The first-order chi connectivity index (χ1) is 12.8. The van der Waals surface area contributed by atoms with Crippen LogP contribution in [0.3, 0.4) is 0 Å². The van der Waals surface area contributed by atoms with E-state index in [9.17, 15) is 19.2 Å². The van der Waals surface area contributed by atoms with Crippen molar-refractivity contribution in [2.24, 2.45) is 4.99 Å². The van der Waals surface area contributed by atoms with Gasteiger partial charge in [-0.1, -0.05) is 6.08 Å². The summed E-state index contributed by atoms with van der Waals surface area (Å²) in [6, 6.07) is 0. The molecule has 1 aliphatic heterocycles. The molecule has 1 atom stereocenters. The first-order valence-electron chi connectivity index (χ1n) is 7.69. The zero-order valence-corrected chi connectivity index (χ0v) is 15.1. The average Bonchev–Trinajstić information content (AvgIpc) is 2.66. The second-order valence-corrected chi connectivity index (χ2v) is 5.40. The van der Waals surface area contributed by atoms with Gasteiger partial charge in [0.25, 0.3) is 0 Å². The van der Waals surface area contributed by atoms with Gasteiger partial charge >= 0.3 is 23.9 Å². The number of methoxy groups -OCH3 is 3. The summed E-state index contributed by atoms with van der Waals surface area (Å²) < 4.78 is 19.0. The van der Waals surface area contributed by atoms with Crippen LogP contribution in [-0.4, -0.2) is 57.0 Å². The van der Waals surface area contributed by atoms with Gasteiger partial charge in [-0.3, -0.25) is 0 Å². The van der Waals surface area contributed by atoms with Gasteiger partial charge in [0.05, 0.1) is 32.6 Å². The van der Waals surface area contributed by atoms with Crippen LogP contribution in [0.15, 0.2) is 51.7 Å². The molecule has 0 aromatic rings. The van der Waals surface area contributed by atoms with Gasteiger partial charge in [0.1, 0.15) is 5.57 Å². The van der Waals surface area contributed by atoms with Crippen molar-refractivity contribution in [3.05, 3.63) is 46.7 Å². The van der Waals surface area contributed by atoms with Crippen LogP contribution in [0.25, 0.3) is 0 Å². The number of carbonyl (C=O) groups excluding carboxylic acids is 4. The Kier molecular flexibility index (Phi) is 6.07. The Bertz CT molecular complexity index is 857. The van der Waals surface area contributed by atoms with Crippen LogP contribution in [0, 0.1) is 0 Å². The lowest BCUT2D eigenvalue weighted by Gasteiger charge is -2.24. The molecule has 0 aromatic heterocycles. The first-order valence-corrected chi connectivity index (χ1v) is 7.69. The zero-order chi connectivity index (χ0) is 20.1. The number of aliphatic imine (C=N–C) groups is 1. The van der Waals surface area contributed by atoms with E-state index in [1.807, 2.05) is 6.92 Å². The highest BCUT2D eigenvalue weighted by Crippen LogP contribution is 2.26. The van der Waals surface area contributed by atoms with Gasteiger partial charge in [0.2, 0.25) is 0 Å². The molecule has 0 fully saturated rings. The maximum Gasteiger partial charge on any atom is 0.358 e. The predicted octanol–water partition coefficient (Wildman–Crippen LogP) is 0.568. The topological polar surface area (TPSA) is 118 Å². The van der Waals surface area contributed by atoms with Crippen LogP contribution in [-0.2, 0) is 38.1 Å². The second kappa shape index (κ2) is 8.26. The van der Waals surface area contributed by atoms with Gasteiger partial charge in [-0.25, -0.2) is 24.2 Å². The van der Waals surface area contributed by atoms with Crippen molar-refractivity contribution < 1.29 is 38.1 Å². The highest BCUT2D eigenvalue weighted by atomic mass is 16.6. The van der Waals surface area contributed by atoms with Gasteiger partial charge in [-0.2, -0.15) is 0 Å². The number of esters is 4.